The minimum absolute atomic E-state index is 0.377. The van der Waals surface area contributed by atoms with Gasteiger partial charge < -0.3 is 14.8 Å². The zero-order valence-corrected chi connectivity index (χ0v) is 13.5. The van der Waals surface area contributed by atoms with E-state index < -0.39 is 7.12 Å². The molecule has 4 nitrogen and oxygen atoms in total. The maximum atomic E-state index is 9.38. The van der Waals surface area contributed by atoms with Crippen LogP contribution in [0.15, 0.2) is 30.3 Å². The molecule has 2 aromatic rings. The smallest absolute Gasteiger partial charge is 0.492 e. The van der Waals surface area contributed by atoms with E-state index in [-0.39, 0.29) is 0 Å². The third-order valence-electron chi connectivity index (χ3n) is 3.08. The quantitative estimate of drug-likeness (QED) is 0.794. The molecule has 0 saturated carbocycles. The molecule has 0 aliphatic carbocycles. The molecule has 0 bridgehead atoms. The molecule has 7 heteroatoms. The minimum Gasteiger partial charge on any atom is -0.497 e. The Balaban J connectivity index is 2.06. The van der Waals surface area contributed by atoms with E-state index in [0.717, 1.165) is 16.4 Å². The highest BCUT2D eigenvalue weighted by molar-refractivity contribution is 7.16. The van der Waals surface area contributed by atoms with Gasteiger partial charge in [0.05, 0.1) is 11.4 Å². The largest absolute Gasteiger partial charge is 0.497 e. The summed E-state index contributed by atoms with van der Waals surface area (Å²) in [6.45, 7) is 1.49. The number of nitrogens with zero attached hydrogens (tertiary/aromatic N) is 1. The maximum absolute atomic E-state index is 9.38. The third-order valence-corrected chi connectivity index (χ3v) is 4.30. The monoisotopic (exact) mass is 325 g/mol. The molecule has 0 atom stereocenters. The Labute approximate surface area is 133 Å². The summed E-state index contributed by atoms with van der Waals surface area (Å²) in [5, 5.41) is 18.8. The second-order valence-electron chi connectivity index (χ2n) is 4.83. The molecular weight excluding hydrogens is 308 g/mol. The summed E-state index contributed by atoms with van der Waals surface area (Å²) in [4.78, 5) is 3.33. The number of halogens is 1. The Kier molecular flexibility index (Phi) is 5.67. The number of thiophene rings is 1. The Morgan fingerprint density at radius 2 is 2.00 bits per heavy atom. The van der Waals surface area contributed by atoms with Crippen molar-refractivity contribution in [3.05, 3.63) is 45.1 Å². The first-order chi connectivity index (χ1) is 9.99. The van der Waals surface area contributed by atoms with Crippen molar-refractivity contribution < 1.29 is 14.8 Å². The molecule has 21 heavy (non-hydrogen) atoms. The summed E-state index contributed by atoms with van der Waals surface area (Å²) in [5.41, 5.74) is 1.37. The first-order valence-electron chi connectivity index (χ1n) is 6.45. The molecule has 2 N–H and O–H groups in total. The van der Waals surface area contributed by atoms with E-state index in [2.05, 4.69) is 4.90 Å². The maximum Gasteiger partial charge on any atom is 0.492 e. The molecule has 0 aliphatic rings. The van der Waals surface area contributed by atoms with E-state index in [1.807, 2.05) is 25.2 Å². The van der Waals surface area contributed by atoms with Crippen LogP contribution >= 0.6 is 22.9 Å². The summed E-state index contributed by atoms with van der Waals surface area (Å²) in [5.74, 6) is 0.474. The van der Waals surface area contributed by atoms with Crippen molar-refractivity contribution in [2.24, 2.45) is 0 Å². The van der Waals surface area contributed by atoms with Crippen molar-refractivity contribution in [3.63, 3.8) is 0 Å². The number of methoxy groups -OCH3 is 1. The molecule has 0 fully saturated rings. The lowest BCUT2D eigenvalue weighted by Crippen LogP contribution is -2.32. The van der Waals surface area contributed by atoms with Gasteiger partial charge in [-0.1, -0.05) is 23.7 Å². The summed E-state index contributed by atoms with van der Waals surface area (Å²) < 4.78 is 5.90. The Hall–Kier alpha value is -1.05. The van der Waals surface area contributed by atoms with Crippen LogP contribution in [0.5, 0.6) is 5.75 Å². The summed E-state index contributed by atoms with van der Waals surface area (Å²) >= 11 is 7.49. The predicted molar refractivity (Wildman–Crippen MR) is 87.3 cm³/mol. The SMILES string of the molecule is COc1ccc(CN(C)Cc2ccc(Cl)s2)cc1B(O)O. The highest BCUT2D eigenvalue weighted by Crippen LogP contribution is 2.23. The van der Waals surface area contributed by atoms with Gasteiger partial charge in [0.2, 0.25) is 0 Å². The van der Waals surface area contributed by atoms with E-state index in [9.17, 15) is 10.0 Å². The minimum atomic E-state index is -1.54. The fraction of sp³-hybridized carbons (Fsp3) is 0.286. The molecular formula is C14H17BClNO3S. The molecule has 0 aliphatic heterocycles. The Morgan fingerprint density at radius 1 is 1.24 bits per heavy atom. The van der Waals surface area contributed by atoms with Crippen LogP contribution in [0.3, 0.4) is 0 Å². The lowest BCUT2D eigenvalue weighted by Gasteiger charge is -2.17. The molecule has 1 aromatic heterocycles. The van der Waals surface area contributed by atoms with Gasteiger partial charge in [0.25, 0.3) is 0 Å². The van der Waals surface area contributed by atoms with Gasteiger partial charge in [-0.3, -0.25) is 4.90 Å². The Morgan fingerprint density at radius 3 is 2.57 bits per heavy atom. The fourth-order valence-electron chi connectivity index (χ4n) is 2.15. The van der Waals surface area contributed by atoms with Gasteiger partial charge in [-0.05, 0) is 30.8 Å². The van der Waals surface area contributed by atoms with Crippen LogP contribution in [-0.4, -0.2) is 36.2 Å². The lowest BCUT2D eigenvalue weighted by molar-refractivity contribution is 0.321. The first kappa shape index (κ1) is 16.3. The molecule has 0 unspecified atom stereocenters. The number of ether oxygens (including phenoxy) is 1. The lowest BCUT2D eigenvalue weighted by atomic mass is 9.78. The fourth-order valence-corrected chi connectivity index (χ4v) is 3.32. The number of rotatable bonds is 6. The van der Waals surface area contributed by atoms with Gasteiger partial charge in [0.15, 0.2) is 0 Å². The zero-order chi connectivity index (χ0) is 15.4. The van der Waals surface area contributed by atoms with Gasteiger partial charge in [-0.15, -0.1) is 11.3 Å². The van der Waals surface area contributed by atoms with E-state index in [4.69, 9.17) is 16.3 Å². The van der Waals surface area contributed by atoms with Crippen LogP contribution in [0.4, 0.5) is 0 Å². The van der Waals surface area contributed by atoms with E-state index in [0.29, 0.717) is 17.8 Å². The molecule has 2 rings (SSSR count). The van der Waals surface area contributed by atoms with Crippen LogP contribution in [0, 0.1) is 0 Å². The second kappa shape index (κ2) is 7.29. The second-order valence-corrected chi connectivity index (χ2v) is 6.63. The topological polar surface area (TPSA) is 52.9 Å². The van der Waals surface area contributed by atoms with Crippen LogP contribution in [0.1, 0.15) is 10.4 Å². The molecule has 112 valence electrons. The number of benzene rings is 1. The van der Waals surface area contributed by atoms with E-state index in [1.165, 1.54) is 12.0 Å². The molecule has 1 heterocycles. The molecule has 0 saturated heterocycles. The predicted octanol–water partition coefficient (Wildman–Crippen LogP) is 1.72. The highest BCUT2D eigenvalue weighted by atomic mass is 35.5. The molecule has 0 amide bonds. The van der Waals surface area contributed by atoms with Crippen molar-refractivity contribution in [1.29, 1.82) is 0 Å². The third kappa shape index (κ3) is 4.46. The normalized spacial score (nSPS) is 11.0. The zero-order valence-electron chi connectivity index (χ0n) is 11.9. The van der Waals surface area contributed by atoms with Crippen molar-refractivity contribution in [2.75, 3.05) is 14.2 Å². The number of hydrogen-bond donors (Lipinski definition) is 2. The Bertz CT molecular complexity index is 606. The summed E-state index contributed by atoms with van der Waals surface area (Å²) in [6, 6.07) is 9.33. The van der Waals surface area contributed by atoms with Crippen LogP contribution < -0.4 is 10.2 Å². The van der Waals surface area contributed by atoms with Crippen LogP contribution in [0.25, 0.3) is 0 Å². The summed E-state index contributed by atoms with van der Waals surface area (Å²) in [6.07, 6.45) is 0. The standard InChI is InChI=1S/C14H17BClNO3S/c1-17(9-11-4-6-14(16)21-11)8-10-3-5-13(20-2)12(7-10)15(18)19/h3-7,18-19H,8-9H2,1-2H3. The molecule has 1 aromatic carbocycles. The van der Waals surface area contributed by atoms with Gasteiger partial charge in [0.1, 0.15) is 5.75 Å². The first-order valence-corrected chi connectivity index (χ1v) is 7.64. The number of hydrogen-bond acceptors (Lipinski definition) is 5. The van der Waals surface area contributed by atoms with Gasteiger partial charge >= 0.3 is 7.12 Å². The van der Waals surface area contributed by atoms with Crippen molar-refractivity contribution in [2.45, 2.75) is 13.1 Å². The van der Waals surface area contributed by atoms with Gasteiger partial charge in [0, 0.05) is 23.4 Å². The van der Waals surface area contributed by atoms with Crippen LogP contribution in [0.2, 0.25) is 4.34 Å². The van der Waals surface area contributed by atoms with Gasteiger partial charge in [-0.25, -0.2) is 0 Å². The average Bonchev–Trinajstić information content (AvgIpc) is 2.83. The van der Waals surface area contributed by atoms with Crippen molar-refractivity contribution >= 4 is 35.5 Å². The summed E-state index contributed by atoms with van der Waals surface area (Å²) in [7, 11) is 1.97. The molecule has 0 radical (unpaired) electrons. The highest BCUT2D eigenvalue weighted by Gasteiger charge is 2.17. The van der Waals surface area contributed by atoms with Crippen molar-refractivity contribution in [3.8, 4) is 5.75 Å². The average molecular weight is 326 g/mol. The van der Waals surface area contributed by atoms with Crippen LogP contribution in [-0.2, 0) is 13.1 Å². The van der Waals surface area contributed by atoms with E-state index >= 15 is 0 Å². The van der Waals surface area contributed by atoms with Crippen molar-refractivity contribution in [1.82, 2.24) is 4.90 Å². The molecule has 0 spiro atoms. The van der Waals surface area contributed by atoms with E-state index in [1.54, 1.807) is 23.5 Å². The van der Waals surface area contributed by atoms with Gasteiger partial charge in [-0.2, -0.15) is 0 Å².